The predicted molar refractivity (Wildman–Crippen MR) is 52.3 cm³/mol. The van der Waals surface area contributed by atoms with Crippen molar-refractivity contribution in [2.75, 3.05) is 0 Å². The van der Waals surface area contributed by atoms with Gasteiger partial charge in [0.1, 0.15) is 5.75 Å². The molecule has 0 aliphatic rings. The highest BCUT2D eigenvalue weighted by molar-refractivity contribution is 6.17. The van der Waals surface area contributed by atoms with Gasteiger partial charge in [-0.05, 0) is 17.7 Å². The van der Waals surface area contributed by atoms with Gasteiger partial charge in [-0.15, -0.1) is 11.6 Å². The molecular formula is C10H11ClO2. The summed E-state index contributed by atoms with van der Waals surface area (Å²) in [6.45, 7) is 1.76. The number of aromatic hydroxyl groups is 1. The maximum absolute atomic E-state index is 11.3. The first-order valence-electron chi connectivity index (χ1n) is 4.10. The van der Waals surface area contributed by atoms with Crippen LogP contribution in [0.3, 0.4) is 0 Å². The number of hydrogen-bond donors (Lipinski definition) is 1. The first-order valence-corrected chi connectivity index (χ1v) is 4.63. The number of rotatable bonds is 3. The van der Waals surface area contributed by atoms with Crippen LogP contribution in [-0.2, 0) is 5.88 Å². The van der Waals surface area contributed by atoms with Gasteiger partial charge in [0.15, 0.2) is 5.78 Å². The summed E-state index contributed by atoms with van der Waals surface area (Å²) in [5, 5.41) is 9.37. The summed E-state index contributed by atoms with van der Waals surface area (Å²) in [6.07, 6.45) is 0.388. The lowest BCUT2D eigenvalue weighted by atomic mass is 10.1. The van der Waals surface area contributed by atoms with Gasteiger partial charge >= 0.3 is 0 Å². The summed E-state index contributed by atoms with van der Waals surface area (Å²) in [5.74, 6) is 0.315. The summed E-state index contributed by atoms with van der Waals surface area (Å²) in [4.78, 5) is 11.3. The van der Waals surface area contributed by atoms with Gasteiger partial charge in [0.05, 0.1) is 5.56 Å². The highest BCUT2D eigenvalue weighted by Crippen LogP contribution is 2.20. The summed E-state index contributed by atoms with van der Waals surface area (Å²) >= 11 is 5.61. The number of carbonyl (C=O) groups is 1. The molecule has 1 N–H and O–H groups in total. The molecule has 0 unspecified atom stereocenters. The average Bonchev–Trinajstić information content (AvgIpc) is 2.17. The van der Waals surface area contributed by atoms with E-state index < -0.39 is 0 Å². The predicted octanol–water partition coefficient (Wildman–Crippen LogP) is 2.72. The molecule has 0 atom stereocenters. The van der Waals surface area contributed by atoms with Gasteiger partial charge in [-0.3, -0.25) is 4.79 Å². The molecule has 0 aliphatic carbocycles. The van der Waals surface area contributed by atoms with E-state index in [1.54, 1.807) is 19.1 Å². The molecule has 0 saturated heterocycles. The Labute approximate surface area is 82.2 Å². The van der Waals surface area contributed by atoms with Crippen LogP contribution >= 0.6 is 11.6 Å². The van der Waals surface area contributed by atoms with Crippen LogP contribution in [-0.4, -0.2) is 10.9 Å². The third kappa shape index (κ3) is 2.22. The van der Waals surface area contributed by atoms with Crippen LogP contribution in [0.5, 0.6) is 5.75 Å². The molecular weight excluding hydrogens is 188 g/mol. The number of carbonyl (C=O) groups excluding carboxylic acids is 1. The molecule has 1 rings (SSSR count). The molecule has 0 radical (unpaired) electrons. The molecule has 0 aromatic heterocycles. The fourth-order valence-electron chi connectivity index (χ4n) is 1.08. The first kappa shape index (κ1) is 10.1. The second-order valence-electron chi connectivity index (χ2n) is 2.76. The lowest BCUT2D eigenvalue weighted by Crippen LogP contribution is -1.97. The minimum atomic E-state index is -0.0653. The number of benzene rings is 1. The Morgan fingerprint density at radius 1 is 1.54 bits per heavy atom. The van der Waals surface area contributed by atoms with Crippen LogP contribution < -0.4 is 0 Å². The van der Waals surface area contributed by atoms with Crippen molar-refractivity contribution in [1.82, 2.24) is 0 Å². The molecule has 0 heterocycles. The van der Waals surface area contributed by atoms with Crippen molar-refractivity contribution in [2.45, 2.75) is 19.2 Å². The van der Waals surface area contributed by atoms with Crippen molar-refractivity contribution in [3.8, 4) is 5.75 Å². The summed E-state index contributed by atoms with van der Waals surface area (Å²) in [6, 6.07) is 4.84. The highest BCUT2D eigenvalue weighted by Gasteiger charge is 2.09. The third-order valence-corrected chi connectivity index (χ3v) is 2.15. The van der Waals surface area contributed by atoms with Gasteiger partial charge < -0.3 is 5.11 Å². The Morgan fingerprint density at radius 2 is 2.23 bits per heavy atom. The zero-order valence-electron chi connectivity index (χ0n) is 7.38. The van der Waals surface area contributed by atoms with E-state index >= 15 is 0 Å². The molecule has 1 aromatic carbocycles. The average molecular weight is 199 g/mol. The first-order chi connectivity index (χ1) is 6.19. The number of ketones is 1. The molecule has 1 aromatic rings. The van der Waals surface area contributed by atoms with Gasteiger partial charge in [-0.2, -0.15) is 0 Å². The van der Waals surface area contributed by atoms with Crippen LogP contribution in [0.4, 0.5) is 0 Å². The summed E-state index contributed by atoms with van der Waals surface area (Å²) < 4.78 is 0. The van der Waals surface area contributed by atoms with E-state index in [9.17, 15) is 9.90 Å². The minimum Gasteiger partial charge on any atom is -0.507 e. The number of phenolic OH excluding ortho intramolecular Hbond substituents is 1. The van der Waals surface area contributed by atoms with Crippen molar-refractivity contribution >= 4 is 17.4 Å². The van der Waals surface area contributed by atoms with Gasteiger partial charge in [-0.25, -0.2) is 0 Å². The van der Waals surface area contributed by atoms with E-state index in [4.69, 9.17) is 11.6 Å². The number of phenols is 1. The van der Waals surface area contributed by atoms with Crippen LogP contribution in [0.2, 0.25) is 0 Å². The zero-order chi connectivity index (χ0) is 9.84. The molecule has 0 bridgehead atoms. The van der Waals surface area contributed by atoms with E-state index in [0.29, 0.717) is 17.9 Å². The normalized spacial score (nSPS) is 10.0. The SMILES string of the molecule is CCC(=O)c1cc(CCl)ccc1O. The van der Waals surface area contributed by atoms with Crippen molar-refractivity contribution in [1.29, 1.82) is 0 Å². The maximum Gasteiger partial charge on any atom is 0.166 e. The fraction of sp³-hybridized carbons (Fsp3) is 0.300. The molecule has 0 amide bonds. The molecule has 0 fully saturated rings. The molecule has 0 saturated carbocycles. The van der Waals surface area contributed by atoms with Gasteiger partial charge in [0.2, 0.25) is 0 Å². The third-order valence-electron chi connectivity index (χ3n) is 1.84. The number of hydrogen-bond acceptors (Lipinski definition) is 2. The lowest BCUT2D eigenvalue weighted by molar-refractivity contribution is 0.0985. The van der Waals surface area contributed by atoms with Crippen LogP contribution in [0.15, 0.2) is 18.2 Å². The maximum atomic E-state index is 11.3. The Hall–Kier alpha value is -1.02. The Bertz CT molecular complexity index is 321. The van der Waals surface area contributed by atoms with Crippen LogP contribution in [0, 0.1) is 0 Å². The molecule has 3 heteroatoms. The Kier molecular flexibility index (Phi) is 3.32. The standard InChI is InChI=1S/C10H11ClO2/c1-2-9(12)8-5-7(6-11)3-4-10(8)13/h3-5,13H,2,6H2,1H3. The Morgan fingerprint density at radius 3 is 2.77 bits per heavy atom. The van der Waals surface area contributed by atoms with E-state index in [2.05, 4.69) is 0 Å². The van der Waals surface area contributed by atoms with Crippen molar-refractivity contribution < 1.29 is 9.90 Å². The smallest absolute Gasteiger partial charge is 0.166 e. The molecule has 70 valence electrons. The zero-order valence-corrected chi connectivity index (χ0v) is 8.14. The van der Waals surface area contributed by atoms with Crippen LogP contribution in [0.1, 0.15) is 29.3 Å². The number of halogens is 1. The largest absolute Gasteiger partial charge is 0.507 e. The monoisotopic (exact) mass is 198 g/mol. The second kappa shape index (κ2) is 4.28. The van der Waals surface area contributed by atoms with E-state index in [1.165, 1.54) is 6.07 Å². The molecule has 13 heavy (non-hydrogen) atoms. The van der Waals surface area contributed by atoms with Crippen molar-refractivity contribution in [3.05, 3.63) is 29.3 Å². The quantitative estimate of drug-likeness (QED) is 0.599. The number of Topliss-reactive ketones (excluding diaryl/α,β-unsaturated/α-hetero) is 1. The van der Waals surface area contributed by atoms with E-state index in [0.717, 1.165) is 5.56 Å². The van der Waals surface area contributed by atoms with Gasteiger partial charge in [-0.1, -0.05) is 13.0 Å². The molecule has 2 nitrogen and oxygen atoms in total. The van der Waals surface area contributed by atoms with Gasteiger partial charge in [0, 0.05) is 12.3 Å². The molecule has 0 aliphatic heterocycles. The lowest BCUT2D eigenvalue weighted by Gasteiger charge is -2.03. The van der Waals surface area contributed by atoms with Crippen molar-refractivity contribution in [3.63, 3.8) is 0 Å². The second-order valence-corrected chi connectivity index (χ2v) is 3.03. The topological polar surface area (TPSA) is 37.3 Å². The number of alkyl halides is 1. The van der Waals surface area contributed by atoms with E-state index in [1.807, 2.05) is 0 Å². The van der Waals surface area contributed by atoms with E-state index in [-0.39, 0.29) is 11.5 Å². The summed E-state index contributed by atoms with van der Waals surface area (Å²) in [5.41, 5.74) is 1.21. The highest BCUT2D eigenvalue weighted by atomic mass is 35.5. The summed E-state index contributed by atoms with van der Waals surface area (Å²) in [7, 11) is 0. The Balaban J connectivity index is 3.11. The van der Waals surface area contributed by atoms with Crippen LogP contribution in [0.25, 0.3) is 0 Å². The van der Waals surface area contributed by atoms with Gasteiger partial charge in [0.25, 0.3) is 0 Å². The molecule has 0 spiro atoms. The fourth-order valence-corrected chi connectivity index (χ4v) is 1.25. The minimum absolute atomic E-state index is 0.0284. The van der Waals surface area contributed by atoms with Crippen molar-refractivity contribution in [2.24, 2.45) is 0 Å².